The van der Waals surface area contributed by atoms with Crippen LogP contribution >= 0.6 is 0 Å². The molecule has 0 aromatic heterocycles. The van der Waals surface area contributed by atoms with Gasteiger partial charge >= 0.3 is 0 Å². The van der Waals surface area contributed by atoms with Crippen LogP contribution in [0.4, 0.5) is 0 Å². The Hall–Kier alpha value is -0.0800. The van der Waals surface area contributed by atoms with Gasteiger partial charge in [0, 0.05) is 25.2 Å². The molecule has 17 heavy (non-hydrogen) atoms. The van der Waals surface area contributed by atoms with E-state index in [-0.39, 0.29) is 0 Å². The summed E-state index contributed by atoms with van der Waals surface area (Å²) >= 11 is 0. The molecule has 102 valence electrons. The Kier molecular flexibility index (Phi) is 7.87. The van der Waals surface area contributed by atoms with Crippen LogP contribution in [-0.2, 0) is 0 Å². The maximum Gasteiger partial charge on any atom is 0.0110 e. The fraction of sp³-hybridized carbons (Fsp3) is 1.00. The zero-order valence-electron chi connectivity index (χ0n) is 12.2. The maximum absolute atomic E-state index is 3.67. The summed E-state index contributed by atoms with van der Waals surface area (Å²) in [7, 11) is 0. The Morgan fingerprint density at radius 2 is 1.94 bits per heavy atom. The number of nitrogens with one attached hydrogen (secondary N) is 1. The highest BCUT2D eigenvalue weighted by atomic mass is 15.2. The summed E-state index contributed by atoms with van der Waals surface area (Å²) < 4.78 is 0. The van der Waals surface area contributed by atoms with Crippen molar-refractivity contribution in [2.45, 2.75) is 77.8 Å². The zero-order valence-corrected chi connectivity index (χ0v) is 12.2. The molecule has 1 rings (SSSR count). The van der Waals surface area contributed by atoms with Gasteiger partial charge in [-0.1, -0.05) is 39.5 Å². The number of rotatable bonds is 11. The van der Waals surface area contributed by atoms with Crippen LogP contribution in [-0.4, -0.2) is 36.6 Å². The number of likely N-dealkylation sites (N-methyl/N-ethyl adjacent to an activating group) is 1. The van der Waals surface area contributed by atoms with Crippen LogP contribution in [0.25, 0.3) is 0 Å². The van der Waals surface area contributed by atoms with Crippen molar-refractivity contribution in [3.63, 3.8) is 0 Å². The van der Waals surface area contributed by atoms with E-state index >= 15 is 0 Å². The monoisotopic (exact) mass is 240 g/mol. The van der Waals surface area contributed by atoms with Gasteiger partial charge in [0.25, 0.3) is 0 Å². The molecule has 1 fully saturated rings. The van der Waals surface area contributed by atoms with Crippen molar-refractivity contribution in [3.05, 3.63) is 0 Å². The number of hydrogen-bond donors (Lipinski definition) is 1. The van der Waals surface area contributed by atoms with Crippen molar-refractivity contribution >= 4 is 0 Å². The topological polar surface area (TPSA) is 15.3 Å². The first-order chi connectivity index (χ1) is 8.27. The molecule has 1 aliphatic rings. The first-order valence-electron chi connectivity index (χ1n) is 7.75. The lowest BCUT2D eigenvalue weighted by Crippen LogP contribution is -2.37. The molecule has 0 amide bonds. The van der Waals surface area contributed by atoms with Gasteiger partial charge in [-0.2, -0.15) is 0 Å². The van der Waals surface area contributed by atoms with E-state index in [4.69, 9.17) is 0 Å². The minimum absolute atomic E-state index is 0.699. The summed E-state index contributed by atoms with van der Waals surface area (Å²) in [6.45, 7) is 10.5. The lowest BCUT2D eigenvalue weighted by atomic mass is 10.1. The Morgan fingerprint density at radius 3 is 2.53 bits per heavy atom. The standard InChI is InChI=1S/C15H32N2/c1-4-6-7-8-9-14(3)16-12-13-17(5-2)15-10-11-15/h14-16H,4-13H2,1-3H3. The fourth-order valence-corrected chi connectivity index (χ4v) is 2.47. The van der Waals surface area contributed by atoms with E-state index in [0.29, 0.717) is 6.04 Å². The predicted octanol–water partition coefficient (Wildman–Crippen LogP) is 3.42. The average molecular weight is 240 g/mol. The molecule has 1 unspecified atom stereocenters. The van der Waals surface area contributed by atoms with E-state index in [1.54, 1.807) is 0 Å². The highest BCUT2D eigenvalue weighted by Gasteiger charge is 2.27. The largest absolute Gasteiger partial charge is 0.313 e. The molecule has 0 aromatic rings. The van der Waals surface area contributed by atoms with Crippen molar-refractivity contribution in [1.82, 2.24) is 10.2 Å². The van der Waals surface area contributed by atoms with Gasteiger partial charge in [-0.15, -0.1) is 0 Å². The SMILES string of the molecule is CCCCCCC(C)NCCN(CC)C1CC1. The molecular weight excluding hydrogens is 208 g/mol. The van der Waals surface area contributed by atoms with Crippen molar-refractivity contribution in [2.24, 2.45) is 0 Å². The van der Waals surface area contributed by atoms with E-state index in [1.807, 2.05) is 0 Å². The number of nitrogens with zero attached hydrogens (tertiary/aromatic N) is 1. The predicted molar refractivity (Wildman–Crippen MR) is 76.5 cm³/mol. The number of hydrogen-bond acceptors (Lipinski definition) is 2. The van der Waals surface area contributed by atoms with Crippen molar-refractivity contribution in [1.29, 1.82) is 0 Å². The van der Waals surface area contributed by atoms with E-state index in [2.05, 4.69) is 31.0 Å². The summed E-state index contributed by atoms with van der Waals surface area (Å²) in [5.41, 5.74) is 0. The Balaban J connectivity index is 1.93. The molecule has 0 radical (unpaired) electrons. The van der Waals surface area contributed by atoms with Crippen LogP contribution < -0.4 is 5.32 Å². The molecule has 0 heterocycles. The second kappa shape index (κ2) is 8.93. The summed E-state index contributed by atoms with van der Waals surface area (Å²) in [6, 6.07) is 1.62. The maximum atomic E-state index is 3.67. The van der Waals surface area contributed by atoms with Gasteiger partial charge in [-0.3, -0.25) is 4.90 Å². The van der Waals surface area contributed by atoms with Gasteiger partial charge in [0.05, 0.1) is 0 Å². The molecule has 1 saturated carbocycles. The van der Waals surface area contributed by atoms with Crippen molar-refractivity contribution in [3.8, 4) is 0 Å². The molecule has 0 saturated heterocycles. The van der Waals surface area contributed by atoms with Gasteiger partial charge in [0.15, 0.2) is 0 Å². The van der Waals surface area contributed by atoms with Crippen LogP contribution in [0.1, 0.15) is 65.7 Å². The first-order valence-corrected chi connectivity index (χ1v) is 7.75. The van der Waals surface area contributed by atoms with Gasteiger partial charge in [-0.05, 0) is 32.7 Å². The molecule has 0 bridgehead atoms. The number of unbranched alkanes of at least 4 members (excludes halogenated alkanes) is 3. The van der Waals surface area contributed by atoms with Gasteiger partial charge in [0.2, 0.25) is 0 Å². The van der Waals surface area contributed by atoms with Crippen LogP contribution in [0.5, 0.6) is 0 Å². The van der Waals surface area contributed by atoms with E-state index in [0.717, 1.165) is 6.04 Å². The summed E-state index contributed by atoms with van der Waals surface area (Å²) in [5, 5.41) is 3.67. The van der Waals surface area contributed by atoms with Crippen LogP contribution in [0, 0.1) is 0 Å². The van der Waals surface area contributed by atoms with Gasteiger partial charge in [0.1, 0.15) is 0 Å². The van der Waals surface area contributed by atoms with Crippen LogP contribution in [0.2, 0.25) is 0 Å². The molecule has 1 atom stereocenters. The third kappa shape index (κ3) is 7.05. The molecular formula is C15H32N2. The highest BCUT2D eigenvalue weighted by Crippen LogP contribution is 2.25. The Bertz CT molecular complexity index is 178. The Labute approximate surface area is 108 Å². The normalized spacial score (nSPS) is 17.6. The molecule has 2 nitrogen and oxygen atoms in total. The van der Waals surface area contributed by atoms with Crippen molar-refractivity contribution < 1.29 is 0 Å². The van der Waals surface area contributed by atoms with E-state index in [9.17, 15) is 0 Å². The smallest absolute Gasteiger partial charge is 0.0110 e. The minimum Gasteiger partial charge on any atom is -0.313 e. The second-order valence-electron chi connectivity index (χ2n) is 5.56. The van der Waals surface area contributed by atoms with E-state index in [1.165, 1.54) is 64.6 Å². The summed E-state index contributed by atoms with van der Waals surface area (Å²) in [4.78, 5) is 2.62. The summed E-state index contributed by atoms with van der Waals surface area (Å²) in [5.74, 6) is 0. The average Bonchev–Trinajstić information content (AvgIpc) is 3.14. The Morgan fingerprint density at radius 1 is 1.18 bits per heavy atom. The molecule has 1 aliphatic carbocycles. The lowest BCUT2D eigenvalue weighted by molar-refractivity contribution is 0.271. The first kappa shape index (κ1) is 15.0. The highest BCUT2D eigenvalue weighted by molar-refractivity contribution is 4.84. The van der Waals surface area contributed by atoms with E-state index < -0.39 is 0 Å². The molecule has 1 N–H and O–H groups in total. The molecule has 2 heteroatoms. The van der Waals surface area contributed by atoms with Gasteiger partial charge < -0.3 is 5.32 Å². The lowest BCUT2D eigenvalue weighted by Gasteiger charge is -2.21. The summed E-state index contributed by atoms with van der Waals surface area (Å²) in [6.07, 6.45) is 9.75. The van der Waals surface area contributed by atoms with Crippen LogP contribution in [0.15, 0.2) is 0 Å². The molecule has 0 spiro atoms. The second-order valence-corrected chi connectivity index (χ2v) is 5.56. The molecule has 0 aliphatic heterocycles. The van der Waals surface area contributed by atoms with Gasteiger partial charge in [-0.25, -0.2) is 0 Å². The third-order valence-electron chi connectivity index (χ3n) is 3.85. The molecule has 0 aromatic carbocycles. The third-order valence-corrected chi connectivity index (χ3v) is 3.85. The van der Waals surface area contributed by atoms with Crippen molar-refractivity contribution in [2.75, 3.05) is 19.6 Å². The van der Waals surface area contributed by atoms with Crippen LogP contribution in [0.3, 0.4) is 0 Å². The fourth-order valence-electron chi connectivity index (χ4n) is 2.47. The quantitative estimate of drug-likeness (QED) is 0.557. The minimum atomic E-state index is 0.699. The zero-order chi connectivity index (χ0) is 12.5.